The Labute approximate surface area is 376 Å². The standard InChI is InChI=1S/C48H84O15/c1-3-5-7-9-11-13-15-17-18-19-21-23-25-27-29-31-40(51)61-36(33-58-39(50)30-28-26-24-22-20-16-14-12-10-8-6-4-2)34-59-47-46(57)44(55)42(53)38(63-47)35-60-48-45(56)43(54)41(52)37(32-49)62-48/h12-15,17-18,36-38,41-49,52-57H,3-11,16,19-35H2,1-2H3/b14-12+,15-13+,18-17+/t36-,37-,38-,41+,42+,43?,44?,45?,46?,47-,48-/m1/s1. The van der Waals surface area contributed by atoms with Crippen molar-refractivity contribution in [2.45, 2.75) is 229 Å². The summed E-state index contributed by atoms with van der Waals surface area (Å²) in [5.41, 5.74) is 0. The second kappa shape index (κ2) is 35.9. The van der Waals surface area contributed by atoms with Crippen LogP contribution in [0.3, 0.4) is 0 Å². The second-order valence-corrected chi connectivity index (χ2v) is 17.0. The van der Waals surface area contributed by atoms with Crippen LogP contribution in [-0.4, -0.2) is 142 Å². The van der Waals surface area contributed by atoms with Crippen molar-refractivity contribution < 1.29 is 73.8 Å². The molecule has 0 aliphatic carbocycles. The molecule has 63 heavy (non-hydrogen) atoms. The molecule has 0 aromatic carbocycles. The maximum Gasteiger partial charge on any atom is 0.306 e. The topological polar surface area (TPSA) is 231 Å². The number of ether oxygens (including phenoxy) is 6. The Balaban J connectivity index is 1.85. The van der Waals surface area contributed by atoms with E-state index in [1.54, 1.807) is 0 Å². The highest BCUT2D eigenvalue weighted by Gasteiger charge is 2.47. The van der Waals surface area contributed by atoms with Crippen LogP contribution in [0.5, 0.6) is 0 Å². The van der Waals surface area contributed by atoms with Crippen LogP contribution in [0, 0.1) is 0 Å². The van der Waals surface area contributed by atoms with E-state index in [1.807, 2.05) is 0 Å². The summed E-state index contributed by atoms with van der Waals surface area (Å²) < 4.78 is 33.5. The fraction of sp³-hybridized carbons (Fsp3) is 0.833. The molecule has 366 valence electrons. The lowest BCUT2D eigenvalue weighted by atomic mass is 9.98. The zero-order valence-electron chi connectivity index (χ0n) is 38.3. The Morgan fingerprint density at radius 1 is 0.508 bits per heavy atom. The summed E-state index contributed by atoms with van der Waals surface area (Å²) in [5.74, 6) is -0.955. The van der Waals surface area contributed by atoms with E-state index < -0.39 is 99.3 Å². The van der Waals surface area contributed by atoms with E-state index in [4.69, 9.17) is 28.4 Å². The Bertz CT molecular complexity index is 1240. The molecule has 2 fully saturated rings. The number of hydrogen-bond donors (Lipinski definition) is 7. The number of allylic oxidation sites excluding steroid dienone is 6. The number of aliphatic hydroxyl groups is 7. The minimum Gasteiger partial charge on any atom is -0.462 e. The Morgan fingerprint density at radius 3 is 1.52 bits per heavy atom. The predicted octanol–water partition coefficient (Wildman–Crippen LogP) is 5.76. The molecule has 2 aliphatic rings. The van der Waals surface area contributed by atoms with E-state index in [1.165, 1.54) is 44.9 Å². The number of hydrogen-bond acceptors (Lipinski definition) is 15. The molecule has 0 aromatic heterocycles. The van der Waals surface area contributed by atoms with Gasteiger partial charge >= 0.3 is 11.9 Å². The van der Waals surface area contributed by atoms with E-state index >= 15 is 0 Å². The van der Waals surface area contributed by atoms with Gasteiger partial charge in [0.25, 0.3) is 0 Å². The molecule has 2 aliphatic heterocycles. The normalized spacial score (nSPS) is 27.1. The van der Waals surface area contributed by atoms with Crippen LogP contribution in [0.15, 0.2) is 36.5 Å². The van der Waals surface area contributed by atoms with Gasteiger partial charge in [-0.3, -0.25) is 9.59 Å². The molecular weight excluding hydrogens is 817 g/mol. The maximum absolute atomic E-state index is 13.0. The molecule has 15 nitrogen and oxygen atoms in total. The smallest absolute Gasteiger partial charge is 0.306 e. The third kappa shape index (κ3) is 24.7. The first kappa shape index (κ1) is 56.8. The third-order valence-corrected chi connectivity index (χ3v) is 11.4. The predicted molar refractivity (Wildman–Crippen MR) is 238 cm³/mol. The van der Waals surface area contributed by atoms with E-state index in [-0.39, 0.29) is 19.4 Å². The first-order valence-corrected chi connectivity index (χ1v) is 24.1. The quantitative estimate of drug-likeness (QED) is 0.0172. The first-order chi connectivity index (χ1) is 30.5. The number of carbonyl (C=O) groups excluding carboxylic acids is 2. The molecule has 0 bridgehead atoms. The minimum atomic E-state index is -1.77. The van der Waals surface area contributed by atoms with Crippen LogP contribution < -0.4 is 0 Å². The summed E-state index contributed by atoms with van der Waals surface area (Å²) in [5, 5.41) is 71.9. The van der Waals surface area contributed by atoms with Gasteiger partial charge in [-0.25, -0.2) is 0 Å². The van der Waals surface area contributed by atoms with Crippen molar-refractivity contribution in [1.29, 1.82) is 0 Å². The molecule has 4 unspecified atom stereocenters. The van der Waals surface area contributed by atoms with Gasteiger partial charge in [0, 0.05) is 12.8 Å². The summed E-state index contributed by atoms with van der Waals surface area (Å²) in [7, 11) is 0. The molecule has 0 spiro atoms. The van der Waals surface area contributed by atoms with Gasteiger partial charge in [-0.05, 0) is 64.2 Å². The van der Waals surface area contributed by atoms with Gasteiger partial charge < -0.3 is 64.2 Å². The Kier molecular flexibility index (Phi) is 32.4. The third-order valence-electron chi connectivity index (χ3n) is 11.4. The molecular formula is C48H84O15. The van der Waals surface area contributed by atoms with Gasteiger partial charge in [0.15, 0.2) is 18.7 Å². The van der Waals surface area contributed by atoms with Crippen molar-refractivity contribution in [3.63, 3.8) is 0 Å². The van der Waals surface area contributed by atoms with Gasteiger partial charge in [-0.2, -0.15) is 0 Å². The van der Waals surface area contributed by atoms with Crippen molar-refractivity contribution in [3.05, 3.63) is 36.5 Å². The van der Waals surface area contributed by atoms with E-state index in [0.29, 0.717) is 12.8 Å². The number of rotatable bonds is 36. The molecule has 7 N–H and O–H groups in total. The monoisotopic (exact) mass is 901 g/mol. The Morgan fingerprint density at radius 2 is 0.952 bits per heavy atom. The van der Waals surface area contributed by atoms with Crippen molar-refractivity contribution in [3.8, 4) is 0 Å². The van der Waals surface area contributed by atoms with Crippen LogP contribution in [-0.2, 0) is 38.0 Å². The van der Waals surface area contributed by atoms with Crippen LogP contribution in [0.1, 0.15) is 162 Å². The number of unbranched alkanes of at least 4 members (excludes halogenated alkanes) is 17. The van der Waals surface area contributed by atoms with Crippen LogP contribution >= 0.6 is 0 Å². The lowest BCUT2D eigenvalue weighted by molar-refractivity contribution is -0.332. The van der Waals surface area contributed by atoms with Crippen LogP contribution in [0.4, 0.5) is 0 Å². The van der Waals surface area contributed by atoms with E-state index in [2.05, 4.69) is 50.3 Å². The largest absolute Gasteiger partial charge is 0.462 e. The maximum atomic E-state index is 13.0. The van der Waals surface area contributed by atoms with E-state index in [9.17, 15) is 45.3 Å². The average molecular weight is 901 g/mol. The zero-order chi connectivity index (χ0) is 46.1. The zero-order valence-corrected chi connectivity index (χ0v) is 38.3. The molecule has 2 saturated heterocycles. The van der Waals surface area contributed by atoms with Gasteiger partial charge in [-0.15, -0.1) is 0 Å². The van der Waals surface area contributed by atoms with Crippen molar-refractivity contribution >= 4 is 11.9 Å². The summed E-state index contributed by atoms with van der Waals surface area (Å²) in [6.45, 7) is 2.50. The number of aliphatic hydroxyl groups excluding tert-OH is 7. The fourth-order valence-corrected chi connectivity index (χ4v) is 7.32. The summed E-state index contributed by atoms with van der Waals surface area (Å²) in [6, 6.07) is 0. The van der Waals surface area contributed by atoms with Crippen LogP contribution in [0.2, 0.25) is 0 Å². The van der Waals surface area contributed by atoms with Crippen molar-refractivity contribution in [2.24, 2.45) is 0 Å². The molecule has 15 heteroatoms. The first-order valence-electron chi connectivity index (χ1n) is 24.1. The molecule has 0 saturated carbocycles. The van der Waals surface area contributed by atoms with Gasteiger partial charge in [0.2, 0.25) is 0 Å². The number of esters is 2. The minimum absolute atomic E-state index is 0.146. The van der Waals surface area contributed by atoms with Gasteiger partial charge in [0.05, 0.1) is 19.8 Å². The molecule has 0 amide bonds. The van der Waals surface area contributed by atoms with Crippen molar-refractivity contribution in [2.75, 3.05) is 26.4 Å². The average Bonchev–Trinajstić information content (AvgIpc) is 3.28. The molecule has 11 atom stereocenters. The SMILES string of the molecule is CCCCC/C=C/CCCCCCCC(=O)OC[C@H](CO[C@@H]1O[C@H](CO[C@@H]2O[C@H](CO)[C@H](O)C(O)C2O)[C@H](O)C(O)C1O)OC(=O)CCCCCCC/C=C/C=C/CCCCCC. The highest BCUT2D eigenvalue weighted by atomic mass is 16.7. The fourth-order valence-electron chi connectivity index (χ4n) is 7.32. The highest BCUT2D eigenvalue weighted by molar-refractivity contribution is 5.70. The second-order valence-electron chi connectivity index (χ2n) is 17.0. The van der Waals surface area contributed by atoms with Crippen LogP contribution in [0.25, 0.3) is 0 Å². The molecule has 0 aromatic rings. The lowest BCUT2D eigenvalue weighted by Gasteiger charge is -2.42. The lowest BCUT2D eigenvalue weighted by Crippen LogP contribution is -2.61. The Hall–Kier alpha value is -2.28. The molecule has 2 heterocycles. The summed E-state index contributed by atoms with van der Waals surface area (Å²) in [6.07, 6.45) is 18.9. The molecule has 0 radical (unpaired) electrons. The highest BCUT2D eigenvalue weighted by Crippen LogP contribution is 2.26. The summed E-state index contributed by atoms with van der Waals surface area (Å²) in [4.78, 5) is 25.6. The van der Waals surface area contributed by atoms with Gasteiger partial charge in [0.1, 0.15) is 55.4 Å². The van der Waals surface area contributed by atoms with Crippen molar-refractivity contribution in [1.82, 2.24) is 0 Å². The summed E-state index contributed by atoms with van der Waals surface area (Å²) >= 11 is 0. The van der Waals surface area contributed by atoms with Gasteiger partial charge in [-0.1, -0.05) is 121 Å². The van der Waals surface area contributed by atoms with E-state index in [0.717, 1.165) is 77.0 Å². The number of carbonyl (C=O) groups is 2. The molecule has 2 rings (SSSR count).